The highest BCUT2D eigenvalue weighted by Crippen LogP contribution is 2.52. The van der Waals surface area contributed by atoms with Gasteiger partial charge in [0.2, 0.25) is 0 Å². The van der Waals surface area contributed by atoms with E-state index in [4.69, 9.17) is 0 Å². The first-order chi connectivity index (χ1) is 11.1. The van der Waals surface area contributed by atoms with Gasteiger partial charge in [-0.3, -0.25) is 4.68 Å². The fraction of sp³-hybridized carbons (Fsp3) is 0.750. The van der Waals surface area contributed by atoms with Crippen LogP contribution in [0.2, 0.25) is 0 Å². The second kappa shape index (κ2) is 5.93. The normalized spacial score (nSPS) is 24.2. The zero-order valence-corrected chi connectivity index (χ0v) is 15.5. The predicted molar refractivity (Wildman–Crippen MR) is 91.9 cm³/mol. The second-order valence-electron chi connectivity index (χ2n) is 7.91. The lowest BCUT2D eigenvalue weighted by atomic mass is 9.73. The van der Waals surface area contributed by atoms with Crippen molar-refractivity contribution in [3.63, 3.8) is 0 Å². The minimum atomic E-state index is -1.19. The van der Waals surface area contributed by atoms with Gasteiger partial charge in [-0.25, -0.2) is 4.79 Å². The molecule has 1 aliphatic heterocycles. The zero-order valence-electron chi connectivity index (χ0n) is 14.7. The number of carbonyl (C=O) groups is 1. The third-order valence-electron chi connectivity index (χ3n) is 5.35. The molecule has 1 aliphatic carbocycles. The molecule has 0 radical (unpaired) electrons. The third kappa shape index (κ3) is 2.91. The molecular weight excluding hydrogens is 328 g/mol. The van der Waals surface area contributed by atoms with E-state index in [2.05, 4.69) is 9.82 Å². The van der Waals surface area contributed by atoms with Crippen LogP contribution in [0.25, 0.3) is 0 Å². The number of carboxylic acid groups (broad SMARTS) is 1. The molecule has 2 aliphatic rings. The van der Waals surface area contributed by atoms with Crippen molar-refractivity contribution in [3.8, 4) is 0 Å². The monoisotopic (exact) mass is 354 g/mol. The van der Waals surface area contributed by atoms with Crippen LogP contribution in [0.1, 0.15) is 50.9 Å². The van der Waals surface area contributed by atoms with Gasteiger partial charge >= 0.3 is 6.09 Å². The SMILES string of the molecule is Cn1ncc2c1CC1(CCN(C(=O)O)CC1)[C@@H]2N[S+]([O-])C(C)(C)C. The van der Waals surface area contributed by atoms with Gasteiger partial charge in [0.15, 0.2) is 0 Å². The Balaban J connectivity index is 1.87. The Labute approximate surface area is 145 Å². The fourth-order valence-corrected chi connectivity index (χ4v) is 4.73. The van der Waals surface area contributed by atoms with Crippen LogP contribution in [0.4, 0.5) is 4.79 Å². The lowest BCUT2D eigenvalue weighted by Gasteiger charge is -2.43. The van der Waals surface area contributed by atoms with Crippen molar-refractivity contribution in [1.82, 2.24) is 19.4 Å². The first kappa shape index (κ1) is 17.6. The van der Waals surface area contributed by atoms with Gasteiger partial charge in [0.25, 0.3) is 0 Å². The number of piperidine rings is 1. The van der Waals surface area contributed by atoms with E-state index in [9.17, 15) is 14.5 Å². The van der Waals surface area contributed by atoms with Gasteiger partial charge in [-0.05, 0) is 40.0 Å². The summed E-state index contributed by atoms with van der Waals surface area (Å²) in [5, 5.41) is 13.6. The Morgan fingerprint density at radius 3 is 2.62 bits per heavy atom. The molecule has 134 valence electrons. The molecule has 2 atom stereocenters. The van der Waals surface area contributed by atoms with E-state index in [0.717, 1.165) is 24.8 Å². The molecule has 1 saturated heterocycles. The van der Waals surface area contributed by atoms with Crippen molar-refractivity contribution in [2.45, 2.75) is 50.8 Å². The van der Waals surface area contributed by atoms with Gasteiger partial charge in [-0.15, -0.1) is 4.72 Å². The Kier molecular flexibility index (Phi) is 4.34. The molecule has 1 amide bonds. The summed E-state index contributed by atoms with van der Waals surface area (Å²) in [6, 6.07) is -0.0443. The summed E-state index contributed by atoms with van der Waals surface area (Å²) in [5.41, 5.74) is 2.19. The Morgan fingerprint density at radius 1 is 1.46 bits per heavy atom. The van der Waals surface area contributed by atoms with Crippen LogP contribution in [-0.4, -0.2) is 48.3 Å². The smallest absolute Gasteiger partial charge is 0.407 e. The van der Waals surface area contributed by atoms with Crippen molar-refractivity contribution in [3.05, 3.63) is 17.5 Å². The number of aryl methyl sites for hydroxylation is 1. The van der Waals surface area contributed by atoms with Gasteiger partial charge in [-0.1, -0.05) is 0 Å². The molecule has 1 aromatic heterocycles. The quantitative estimate of drug-likeness (QED) is 0.790. The number of fused-ring (bicyclic) bond motifs is 1. The number of amides is 1. The third-order valence-corrected chi connectivity index (χ3v) is 6.91. The molecule has 2 N–H and O–H groups in total. The number of nitrogens with zero attached hydrogens (tertiary/aromatic N) is 3. The molecule has 1 fully saturated rings. The first-order valence-electron chi connectivity index (χ1n) is 8.31. The molecular formula is C16H26N4O3S. The van der Waals surface area contributed by atoms with E-state index < -0.39 is 17.5 Å². The molecule has 24 heavy (non-hydrogen) atoms. The van der Waals surface area contributed by atoms with E-state index in [1.807, 2.05) is 38.7 Å². The van der Waals surface area contributed by atoms with Crippen LogP contribution < -0.4 is 4.72 Å². The van der Waals surface area contributed by atoms with Crippen molar-refractivity contribution >= 4 is 17.5 Å². The Bertz CT molecular complexity index is 632. The van der Waals surface area contributed by atoms with Gasteiger partial charge in [-0.2, -0.15) is 5.10 Å². The number of hydrogen-bond acceptors (Lipinski definition) is 4. The largest absolute Gasteiger partial charge is 0.598 e. The lowest BCUT2D eigenvalue weighted by molar-refractivity contribution is 0.0755. The molecule has 3 rings (SSSR count). The molecule has 0 bridgehead atoms. The van der Waals surface area contributed by atoms with E-state index in [1.54, 1.807) is 0 Å². The van der Waals surface area contributed by atoms with Gasteiger partial charge in [0, 0.05) is 48.2 Å². The maximum Gasteiger partial charge on any atom is 0.407 e. The lowest BCUT2D eigenvalue weighted by Crippen LogP contribution is -2.50. The molecule has 1 unspecified atom stereocenters. The molecule has 1 spiro atoms. The zero-order chi connectivity index (χ0) is 17.7. The van der Waals surface area contributed by atoms with Gasteiger partial charge < -0.3 is 14.6 Å². The Morgan fingerprint density at radius 2 is 2.08 bits per heavy atom. The number of hydrogen-bond donors (Lipinski definition) is 2. The van der Waals surface area contributed by atoms with Crippen LogP contribution in [0.5, 0.6) is 0 Å². The molecule has 7 nitrogen and oxygen atoms in total. The first-order valence-corrected chi connectivity index (χ1v) is 9.46. The van der Waals surface area contributed by atoms with Crippen molar-refractivity contribution in [2.24, 2.45) is 12.5 Å². The maximum atomic E-state index is 12.7. The highest BCUT2D eigenvalue weighted by molar-refractivity contribution is 7.90. The minimum absolute atomic E-state index is 0.0443. The van der Waals surface area contributed by atoms with Crippen molar-refractivity contribution in [1.29, 1.82) is 0 Å². The average Bonchev–Trinajstić information content (AvgIpc) is 2.98. The highest BCUT2D eigenvalue weighted by atomic mass is 32.2. The molecule has 0 aromatic carbocycles. The highest BCUT2D eigenvalue weighted by Gasteiger charge is 2.52. The van der Waals surface area contributed by atoms with Gasteiger partial charge in [0.05, 0.1) is 12.2 Å². The van der Waals surface area contributed by atoms with Crippen molar-refractivity contribution in [2.75, 3.05) is 13.1 Å². The summed E-state index contributed by atoms with van der Waals surface area (Å²) < 4.78 is 17.6. The molecule has 2 heterocycles. The maximum absolute atomic E-state index is 12.7. The second-order valence-corrected chi connectivity index (χ2v) is 9.91. The van der Waals surface area contributed by atoms with Gasteiger partial charge in [0.1, 0.15) is 4.75 Å². The van der Waals surface area contributed by atoms with Crippen LogP contribution in [0.3, 0.4) is 0 Å². The summed E-state index contributed by atoms with van der Waals surface area (Å²) >= 11 is -1.19. The number of aromatic nitrogens is 2. The van der Waals surface area contributed by atoms with Crippen LogP contribution in [0, 0.1) is 5.41 Å². The Hall–Kier alpha value is -1.25. The summed E-state index contributed by atoms with van der Waals surface area (Å²) in [4.78, 5) is 12.7. The van der Waals surface area contributed by atoms with E-state index in [1.165, 1.54) is 10.6 Å². The van der Waals surface area contributed by atoms with E-state index in [-0.39, 0.29) is 16.2 Å². The fourth-order valence-electron chi connectivity index (χ4n) is 3.78. The average molecular weight is 354 g/mol. The summed E-state index contributed by atoms with van der Waals surface area (Å²) in [6.07, 6.45) is 3.40. The topological polar surface area (TPSA) is 93.5 Å². The summed E-state index contributed by atoms with van der Waals surface area (Å²) in [7, 11) is 1.93. The van der Waals surface area contributed by atoms with Crippen LogP contribution >= 0.6 is 0 Å². The summed E-state index contributed by atoms with van der Waals surface area (Å²) in [6.45, 7) is 6.91. The van der Waals surface area contributed by atoms with E-state index in [0.29, 0.717) is 13.1 Å². The predicted octanol–water partition coefficient (Wildman–Crippen LogP) is 1.83. The number of nitrogens with one attached hydrogen (secondary N) is 1. The number of rotatable bonds is 2. The standard InChI is InChI=1S/C16H26N4O3S/c1-15(2,3)24(23)18-13-11-10-17-19(4)12(11)9-16(13)5-7-20(8-6-16)14(21)22/h10,13,18H,5-9H2,1-4H3,(H,21,22)/t13-,24?/m1/s1. The molecule has 0 saturated carbocycles. The van der Waals surface area contributed by atoms with Crippen LogP contribution in [0.15, 0.2) is 6.20 Å². The minimum Gasteiger partial charge on any atom is -0.598 e. The van der Waals surface area contributed by atoms with Crippen LogP contribution in [-0.2, 0) is 24.8 Å². The molecule has 1 aromatic rings. The summed E-state index contributed by atoms with van der Waals surface area (Å²) in [5.74, 6) is 0. The number of likely N-dealkylation sites (tertiary alicyclic amines) is 1. The molecule has 8 heteroatoms. The van der Waals surface area contributed by atoms with Crippen molar-refractivity contribution < 1.29 is 14.5 Å². The van der Waals surface area contributed by atoms with E-state index >= 15 is 0 Å².